The van der Waals surface area contributed by atoms with E-state index in [4.69, 9.17) is 4.52 Å². The van der Waals surface area contributed by atoms with Crippen molar-refractivity contribution >= 4 is 21.6 Å². The van der Waals surface area contributed by atoms with Crippen LogP contribution in [0.1, 0.15) is 49.1 Å². The van der Waals surface area contributed by atoms with Crippen molar-refractivity contribution in [2.24, 2.45) is 0 Å². The van der Waals surface area contributed by atoms with E-state index in [0.717, 1.165) is 22.5 Å². The van der Waals surface area contributed by atoms with Crippen molar-refractivity contribution in [2.45, 2.75) is 57.0 Å². The zero-order valence-corrected chi connectivity index (χ0v) is 11.6. The van der Waals surface area contributed by atoms with E-state index in [-0.39, 0.29) is 0 Å². The predicted molar refractivity (Wildman–Crippen MR) is 71.7 cm³/mol. The molecule has 1 aliphatic carbocycles. The smallest absolute Gasteiger partial charge is 0.137 e. The fraction of sp³-hybridized carbons (Fsp3) is 0.750. The second kappa shape index (κ2) is 6.01. The van der Waals surface area contributed by atoms with Crippen molar-refractivity contribution in [1.29, 1.82) is 0 Å². The lowest BCUT2D eigenvalue weighted by molar-refractivity contribution is 0.392. The number of nitrogens with zero attached hydrogens (tertiary/aromatic N) is 1. The number of rotatable bonds is 4. The van der Waals surface area contributed by atoms with Crippen LogP contribution < -0.4 is 0 Å². The molecule has 4 heteroatoms. The Kier molecular flexibility index (Phi) is 4.65. The minimum absolute atomic E-state index is 0.874. The van der Waals surface area contributed by atoms with Gasteiger partial charge in [0.05, 0.1) is 5.69 Å². The molecule has 2 nitrogen and oxygen atoms in total. The Hall–Kier alpha value is -0.0900. The monoisotopic (exact) mass is 257 g/mol. The van der Waals surface area contributed by atoms with Crippen molar-refractivity contribution < 1.29 is 4.52 Å². The SMILES string of the molecule is Cc1noc(C)c1CSSC1CCCCC1. The van der Waals surface area contributed by atoms with Crippen molar-refractivity contribution in [3.8, 4) is 0 Å². The molecule has 1 saturated carbocycles. The van der Waals surface area contributed by atoms with Gasteiger partial charge in [-0.25, -0.2) is 0 Å². The average molecular weight is 257 g/mol. The molecule has 0 radical (unpaired) electrons. The van der Waals surface area contributed by atoms with Crippen molar-refractivity contribution in [3.63, 3.8) is 0 Å². The molecule has 0 atom stereocenters. The summed E-state index contributed by atoms with van der Waals surface area (Å²) in [7, 11) is 4.02. The van der Waals surface area contributed by atoms with Crippen LogP contribution >= 0.6 is 21.6 Å². The minimum Gasteiger partial charge on any atom is -0.361 e. The maximum absolute atomic E-state index is 5.17. The van der Waals surface area contributed by atoms with Crippen LogP contribution in [0.3, 0.4) is 0 Å². The minimum atomic E-state index is 0.874. The van der Waals surface area contributed by atoms with Crippen LogP contribution in [0.15, 0.2) is 4.52 Å². The second-order valence-electron chi connectivity index (χ2n) is 4.42. The summed E-state index contributed by atoms with van der Waals surface area (Å²) >= 11 is 0. The molecule has 1 aromatic heterocycles. The summed E-state index contributed by atoms with van der Waals surface area (Å²) in [6.45, 7) is 4.03. The van der Waals surface area contributed by atoms with Gasteiger partial charge in [-0.2, -0.15) is 0 Å². The Balaban J connectivity index is 1.75. The first-order valence-corrected chi connectivity index (χ1v) is 8.35. The molecule has 0 unspecified atom stereocenters. The molecular formula is C12H19NOS2. The molecule has 16 heavy (non-hydrogen) atoms. The summed E-state index contributed by atoms with van der Waals surface area (Å²) in [5, 5.41) is 4.86. The van der Waals surface area contributed by atoms with E-state index in [1.165, 1.54) is 37.7 Å². The van der Waals surface area contributed by atoms with Gasteiger partial charge in [-0.15, -0.1) is 0 Å². The Morgan fingerprint density at radius 2 is 2.00 bits per heavy atom. The molecule has 1 heterocycles. The standard InChI is InChI=1S/C12H19NOS2/c1-9-12(10(2)14-13-9)8-15-16-11-6-4-3-5-7-11/h11H,3-8H2,1-2H3. The first-order chi connectivity index (χ1) is 7.77. The maximum atomic E-state index is 5.17. The van der Waals surface area contributed by atoms with Gasteiger partial charge in [0.25, 0.3) is 0 Å². The third-order valence-electron chi connectivity index (χ3n) is 3.14. The summed E-state index contributed by atoms with van der Waals surface area (Å²) in [6, 6.07) is 0. The highest BCUT2D eigenvalue weighted by Crippen LogP contribution is 2.38. The summed E-state index contributed by atoms with van der Waals surface area (Å²) in [6.07, 6.45) is 7.08. The molecule has 0 aromatic carbocycles. The van der Waals surface area contributed by atoms with Crippen LogP contribution in [0.25, 0.3) is 0 Å². The highest BCUT2D eigenvalue weighted by Gasteiger charge is 2.15. The molecule has 1 aliphatic rings. The lowest BCUT2D eigenvalue weighted by Crippen LogP contribution is -2.06. The Bertz CT molecular complexity index is 312. The maximum Gasteiger partial charge on any atom is 0.137 e. The Morgan fingerprint density at radius 1 is 1.25 bits per heavy atom. The highest BCUT2D eigenvalue weighted by atomic mass is 33.1. The van der Waals surface area contributed by atoms with Crippen molar-refractivity contribution in [2.75, 3.05) is 0 Å². The van der Waals surface area contributed by atoms with Crippen molar-refractivity contribution in [1.82, 2.24) is 5.16 Å². The van der Waals surface area contributed by atoms with E-state index in [2.05, 4.69) is 16.0 Å². The largest absolute Gasteiger partial charge is 0.361 e. The molecule has 0 N–H and O–H groups in total. The van der Waals surface area contributed by atoms with Gasteiger partial charge in [0.2, 0.25) is 0 Å². The molecule has 90 valence electrons. The van der Waals surface area contributed by atoms with Gasteiger partial charge in [0.1, 0.15) is 5.76 Å². The van der Waals surface area contributed by atoms with Crippen molar-refractivity contribution in [3.05, 3.63) is 17.0 Å². The molecule has 0 amide bonds. The van der Waals surface area contributed by atoms with Gasteiger partial charge < -0.3 is 4.52 Å². The lowest BCUT2D eigenvalue weighted by atomic mass is 10.0. The molecule has 0 aliphatic heterocycles. The number of hydrogen-bond donors (Lipinski definition) is 0. The van der Waals surface area contributed by atoms with Crippen LogP contribution in [-0.2, 0) is 5.75 Å². The topological polar surface area (TPSA) is 26.0 Å². The number of aryl methyl sites for hydroxylation is 2. The fourth-order valence-corrected chi connectivity index (χ4v) is 5.09. The van der Waals surface area contributed by atoms with E-state index in [1.807, 2.05) is 24.6 Å². The summed E-state index contributed by atoms with van der Waals surface area (Å²) in [4.78, 5) is 0. The molecule has 0 saturated heterocycles. The molecule has 2 rings (SSSR count). The van der Waals surface area contributed by atoms with Gasteiger partial charge in [-0.1, -0.05) is 46.0 Å². The molecule has 1 fully saturated rings. The van der Waals surface area contributed by atoms with Crippen LogP contribution in [0, 0.1) is 13.8 Å². The first kappa shape index (κ1) is 12.4. The van der Waals surface area contributed by atoms with E-state index in [1.54, 1.807) is 0 Å². The Labute approximate surface area is 105 Å². The van der Waals surface area contributed by atoms with Crippen LogP contribution in [0.4, 0.5) is 0 Å². The van der Waals surface area contributed by atoms with E-state index in [0.29, 0.717) is 0 Å². The van der Waals surface area contributed by atoms with E-state index in [9.17, 15) is 0 Å². The number of hydrogen-bond acceptors (Lipinski definition) is 4. The number of aromatic nitrogens is 1. The van der Waals surface area contributed by atoms with Crippen LogP contribution in [0.2, 0.25) is 0 Å². The molecular weight excluding hydrogens is 238 g/mol. The van der Waals surface area contributed by atoms with E-state index >= 15 is 0 Å². The fourth-order valence-electron chi connectivity index (χ4n) is 2.06. The van der Waals surface area contributed by atoms with Gasteiger partial charge >= 0.3 is 0 Å². The zero-order chi connectivity index (χ0) is 11.4. The second-order valence-corrected chi connectivity index (χ2v) is 7.09. The van der Waals surface area contributed by atoms with Gasteiger partial charge in [-0.05, 0) is 26.7 Å². The van der Waals surface area contributed by atoms with Crippen LogP contribution in [-0.4, -0.2) is 10.4 Å². The van der Waals surface area contributed by atoms with Crippen LogP contribution in [0.5, 0.6) is 0 Å². The summed E-state index contributed by atoms with van der Waals surface area (Å²) < 4.78 is 5.17. The molecule has 0 spiro atoms. The van der Waals surface area contributed by atoms with Gasteiger partial charge in [0.15, 0.2) is 0 Å². The normalized spacial score (nSPS) is 17.9. The third-order valence-corrected chi connectivity index (χ3v) is 6.01. The zero-order valence-electron chi connectivity index (χ0n) is 9.99. The first-order valence-electron chi connectivity index (χ1n) is 5.97. The predicted octanol–water partition coefficient (Wildman–Crippen LogP) is 4.51. The molecule has 0 bridgehead atoms. The third kappa shape index (κ3) is 3.20. The highest BCUT2D eigenvalue weighted by molar-refractivity contribution is 8.76. The lowest BCUT2D eigenvalue weighted by Gasteiger charge is -2.19. The summed E-state index contributed by atoms with van der Waals surface area (Å²) in [5.41, 5.74) is 2.34. The Morgan fingerprint density at radius 3 is 2.62 bits per heavy atom. The summed E-state index contributed by atoms with van der Waals surface area (Å²) in [5.74, 6) is 2.01. The van der Waals surface area contributed by atoms with Gasteiger partial charge in [-0.3, -0.25) is 0 Å². The quantitative estimate of drug-likeness (QED) is 0.741. The van der Waals surface area contributed by atoms with Gasteiger partial charge in [0, 0.05) is 16.6 Å². The van der Waals surface area contributed by atoms with E-state index < -0.39 is 0 Å². The molecule has 1 aromatic rings. The average Bonchev–Trinajstić information content (AvgIpc) is 2.62.